The molecule has 6 rings (SSSR count). The highest BCUT2D eigenvalue weighted by Crippen LogP contribution is 2.52. The lowest BCUT2D eigenvalue weighted by Gasteiger charge is -2.59. The summed E-state index contributed by atoms with van der Waals surface area (Å²) in [4.78, 5) is 35.3. The molecule has 10 nitrogen and oxygen atoms in total. The predicted molar refractivity (Wildman–Crippen MR) is 175 cm³/mol. The molecule has 4 heterocycles. The highest BCUT2D eigenvalue weighted by atomic mass is 19.1. The van der Waals surface area contributed by atoms with E-state index in [0.717, 1.165) is 76.4 Å². The van der Waals surface area contributed by atoms with Crippen molar-refractivity contribution in [1.82, 2.24) is 29.7 Å². The number of anilines is 1. The van der Waals surface area contributed by atoms with Crippen molar-refractivity contribution in [2.45, 2.75) is 65.1 Å². The Kier molecular flexibility index (Phi) is 9.42. The van der Waals surface area contributed by atoms with Gasteiger partial charge in [-0.2, -0.15) is 0 Å². The van der Waals surface area contributed by atoms with Gasteiger partial charge in [0.1, 0.15) is 29.7 Å². The van der Waals surface area contributed by atoms with E-state index in [1.807, 2.05) is 33.0 Å². The van der Waals surface area contributed by atoms with Gasteiger partial charge >= 0.3 is 0 Å². The van der Waals surface area contributed by atoms with Crippen LogP contribution in [0.1, 0.15) is 61.6 Å². The Hall–Kier alpha value is -3.83. The molecule has 0 bridgehead atoms. The number of nitrogens with zero attached hydrogens (tertiary/aromatic N) is 7. The first-order chi connectivity index (χ1) is 22.1. The fourth-order valence-electron chi connectivity index (χ4n) is 7.13. The minimum absolute atomic E-state index is 0.0332. The third-order valence-corrected chi connectivity index (χ3v) is 9.48. The third kappa shape index (κ3) is 6.80. The van der Waals surface area contributed by atoms with Crippen LogP contribution < -0.4 is 14.4 Å². The quantitative estimate of drug-likeness (QED) is 0.273. The van der Waals surface area contributed by atoms with Gasteiger partial charge in [0.2, 0.25) is 0 Å². The van der Waals surface area contributed by atoms with Crippen LogP contribution in [0.5, 0.6) is 17.2 Å². The Morgan fingerprint density at radius 1 is 1.13 bits per heavy atom. The van der Waals surface area contributed by atoms with Crippen molar-refractivity contribution in [1.29, 1.82) is 0 Å². The fourth-order valence-corrected chi connectivity index (χ4v) is 7.13. The molecule has 3 aliphatic rings. The molecule has 0 atom stereocenters. The normalized spacial score (nSPS) is 17.5. The lowest BCUT2D eigenvalue weighted by molar-refractivity contribution is -0.0350. The van der Waals surface area contributed by atoms with Crippen LogP contribution in [-0.4, -0.2) is 101 Å². The second-order valence-corrected chi connectivity index (χ2v) is 13.6. The van der Waals surface area contributed by atoms with Gasteiger partial charge in [0.05, 0.1) is 17.5 Å². The number of benzene rings is 1. The summed E-state index contributed by atoms with van der Waals surface area (Å²) in [5.41, 5.74) is 2.77. The van der Waals surface area contributed by atoms with Gasteiger partial charge in [0.15, 0.2) is 11.6 Å². The molecule has 1 aliphatic carbocycles. The van der Waals surface area contributed by atoms with Crippen molar-refractivity contribution < 1.29 is 18.7 Å². The minimum atomic E-state index is -0.489. The highest BCUT2D eigenvalue weighted by molar-refractivity contribution is 5.97. The number of amides is 1. The monoisotopic (exact) mass is 631 g/mol. The molecule has 1 aromatic carbocycles. The third-order valence-electron chi connectivity index (χ3n) is 9.48. The number of carbonyl (C=O) groups excluding carboxylic acids is 1. The van der Waals surface area contributed by atoms with Crippen molar-refractivity contribution in [2.75, 3.05) is 58.3 Å². The molecule has 0 radical (unpaired) electrons. The lowest BCUT2D eigenvalue weighted by atomic mass is 9.61. The number of rotatable bonds is 12. The predicted octanol–water partition coefficient (Wildman–Crippen LogP) is 5.03. The molecule has 1 saturated carbocycles. The number of ether oxygens (including phenoxy) is 2. The summed E-state index contributed by atoms with van der Waals surface area (Å²) in [5.74, 6) is 1.62. The summed E-state index contributed by atoms with van der Waals surface area (Å²) in [5, 5.41) is 0. The molecule has 3 aromatic rings. The maximum atomic E-state index is 14.3. The van der Waals surface area contributed by atoms with Crippen molar-refractivity contribution >= 4 is 11.7 Å². The zero-order chi connectivity index (χ0) is 32.4. The zero-order valence-corrected chi connectivity index (χ0v) is 27.7. The Labute approximate surface area is 271 Å². The van der Waals surface area contributed by atoms with E-state index in [0.29, 0.717) is 18.1 Å². The van der Waals surface area contributed by atoms with Crippen LogP contribution in [0.3, 0.4) is 0 Å². The Balaban J connectivity index is 1.06. The van der Waals surface area contributed by atoms with Gasteiger partial charge in [0, 0.05) is 55.9 Å². The van der Waals surface area contributed by atoms with E-state index in [9.17, 15) is 9.18 Å². The number of hydrogen-bond acceptors (Lipinski definition) is 9. The van der Waals surface area contributed by atoms with Crippen LogP contribution >= 0.6 is 0 Å². The van der Waals surface area contributed by atoms with E-state index in [1.165, 1.54) is 30.1 Å². The summed E-state index contributed by atoms with van der Waals surface area (Å²) in [6.07, 6.45) is 9.27. The van der Waals surface area contributed by atoms with Gasteiger partial charge < -0.3 is 24.2 Å². The molecule has 2 fully saturated rings. The van der Waals surface area contributed by atoms with Crippen molar-refractivity contribution in [3.05, 3.63) is 65.6 Å². The molecule has 246 valence electrons. The summed E-state index contributed by atoms with van der Waals surface area (Å²) >= 11 is 0. The molecular weight excluding hydrogens is 585 g/mol. The van der Waals surface area contributed by atoms with Gasteiger partial charge in [-0.1, -0.05) is 0 Å². The summed E-state index contributed by atoms with van der Waals surface area (Å²) < 4.78 is 27.1. The SMILES string of the molecule is CCN(C(=O)c1cc(F)ccc1Oc1cncnc1N1CC2(CC(Oc3ccnc4c3CCN(CCCN(C)C)C4)C2)C1)C(C)C. The van der Waals surface area contributed by atoms with Gasteiger partial charge in [-0.15, -0.1) is 0 Å². The number of halogens is 1. The van der Waals surface area contributed by atoms with Gasteiger partial charge in [0.25, 0.3) is 5.91 Å². The Morgan fingerprint density at radius 2 is 1.93 bits per heavy atom. The van der Waals surface area contributed by atoms with Gasteiger partial charge in [-0.25, -0.2) is 14.4 Å². The van der Waals surface area contributed by atoms with Crippen LogP contribution in [0.15, 0.2) is 43.0 Å². The Morgan fingerprint density at radius 3 is 2.67 bits per heavy atom. The topological polar surface area (TPSA) is 87.2 Å². The summed E-state index contributed by atoms with van der Waals surface area (Å²) in [7, 11) is 4.24. The Bertz CT molecular complexity index is 1540. The molecule has 0 unspecified atom stereocenters. The average Bonchev–Trinajstić information content (AvgIpc) is 2.99. The minimum Gasteiger partial charge on any atom is -0.490 e. The maximum Gasteiger partial charge on any atom is 0.257 e. The standard InChI is InChI=1S/C35H46FN7O3/c1-6-43(24(2)3)34(44)28-16-25(36)8-9-30(28)46-32-19-37-23-39-33(32)42-21-35(22-42)17-26(18-35)45-31-10-12-38-29-20-41(15-11-27(29)31)14-7-13-40(4)5/h8-10,12,16,19,23-24,26H,6-7,11,13-15,17-18,20-22H2,1-5H3. The first kappa shape index (κ1) is 32.1. The smallest absolute Gasteiger partial charge is 0.257 e. The molecule has 2 aromatic heterocycles. The molecule has 46 heavy (non-hydrogen) atoms. The largest absolute Gasteiger partial charge is 0.490 e. The average molecular weight is 632 g/mol. The van der Waals surface area contributed by atoms with Crippen LogP contribution in [0.25, 0.3) is 0 Å². The second-order valence-electron chi connectivity index (χ2n) is 13.6. The van der Waals surface area contributed by atoms with E-state index in [2.05, 4.69) is 38.8 Å². The lowest BCUT2D eigenvalue weighted by Crippen LogP contribution is -2.65. The number of carbonyl (C=O) groups is 1. The zero-order valence-electron chi connectivity index (χ0n) is 27.7. The van der Waals surface area contributed by atoms with Crippen LogP contribution in [0, 0.1) is 11.2 Å². The molecule has 1 saturated heterocycles. The van der Waals surface area contributed by atoms with Crippen molar-refractivity contribution in [3.63, 3.8) is 0 Å². The van der Waals surface area contributed by atoms with E-state index < -0.39 is 5.82 Å². The molecular formula is C35H46FN7O3. The molecule has 11 heteroatoms. The fraction of sp³-hybridized carbons (Fsp3) is 0.543. The molecule has 1 amide bonds. The number of hydrogen-bond donors (Lipinski definition) is 0. The van der Waals surface area contributed by atoms with Gasteiger partial charge in [-0.05, 0) is 97.9 Å². The van der Waals surface area contributed by atoms with E-state index in [1.54, 1.807) is 11.1 Å². The van der Waals surface area contributed by atoms with Crippen LogP contribution in [-0.2, 0) is 13.0 Å². The summed E-state index contributed by atoms with van der Waals surface area (Å²) in [6.45, 7) is 12.1. The van der Waals surface area contributed by atoms with E-state index >= 15 is 0 Å². The second kappa shape index (κ2) is 13.5. The molecule has 1 spiro atoms. The van der Waals surface area contributed by atoms with Crippen molar-refractivity contribution in [3.8, 4) is 17.2 Å². The van der Waals surface area contributed by atoms with Crippen LogP contribution in [0.4, 0.5) is 10.2 Å². The highest BCUT2D eigenvalue weighted by Gasteiger charge is 2.54. The maximum absolute atomic E-state index is 14.3. The summed E-state index contributed by atoms with van der Waals surface area (Å²) in [6, 6.07) is 6.03. The first-order valence-corrected chi connectivity index (χ1v) is 16.5. The van der Waals surface area contributed by atoms with Crippen molar-refractivity contribution in [2.24, 2.45) is 5.41 Å². The number of pyridine rings is 1. The first-order valence-electron chi connectivity index (χ1n) is 16.5. The van der Waals surface area contributed by atoms with Crippen LogP contribution in [0.2, 0.25) is 0 Å². The molecule has 2 aliphatic heterocycles. The number of fused-ring (bicyclic) bond motifs is 1. The van der Waals surface area contributed by atoms with Gasteiger partial charge in [-0.3, -0.25) is 14.7 Å². The number of aromatic nitrogens is 3. The van der Waals surface area contributed by atoms with E-state index in [4.69, 9.17) is 14.5 Å². The van der Waals surface area contributed by atoms with E-state index in [-0.39, 0.29) is 34.8 Å². The molecule has 0 N–H and O–H groups in total.